The monoisotopic (exact) mass is 259 g/mol. The molecule has 0 saturated heterocycles. The lowest BCUT2D eigenvalue weighted by Gasteiger charge is -2.08. The van der Waals surface area contributed by atoms with E-state index in [0.717, 1.165) is 29.6 Å². The second-order valence-electron chi connectivity index (χ2n) is 3.73. The van der Waals surface area contributed by atoms with Crippen LogP contribution in [0.1, 0.15) is 25.2 Å². The largest absolute Gasteiger partial charge is 0.330 e. The third-order valence-corrected chi connectivity index (χ3v) is 3.36. The quantitative estimate of drug-likeness (QED) is 0.898. The highest BCUT2D eigenvalue weighted by atomic mass is 79.9. The molecule has 0 radical (unpaired) electrons. The zero-order valence-electron chi connectivity index (χ0n) is 9.05. The number of hydrogen-bond donors (Lipinski definition) is 1. The van der Waals surface area contributed by atoms with Crippen molar-refractivity contribution in [3.63, 3.8) is 0 Å². The van der Waals surface area contributed by atoms with Crippen LogP contribution < -0.4 is 5.73 Å². The van der Waals surface area contributed by atoms with Gasteiger partial charge in [0.1, 0.15) is 0 Å². The van der Waals surface area contributed by atoms with Gasteiger partial charge < -0.3 is 5.73 Å². The zero-order chi connectivity index (χ0) is 10.7. The number of nitrogens with zero attached hydrogens (tertiary/aromatic N) is 2. The lowest BCUT2D eigenvalue weighted by Crippen LogP contribution is -2.15. The smallest absolute Gasteiger partial charge is 0.0766 e. The van der Waals surface area contributed by atoms with Gasteiger partial charge in [0.2, 0.25) is 0 Å². The summed E-state index contributed by atoms with van der Waals surface area (Å²) in [6, 6.07) is 0. The predicted octanol–water partition coefficient (Wildman–Crippen LogP) is 1.88. The van der Waals surface area contributed by atoms with E-state index in [0.29, 0.717) is 5.92 Å². The highest BCUT2D eigenvalue weighted by Crippen LogP contribution is 2.23. The van der Waals surface area contributed by atoms with Crippen molar-refractivity contribution in [2.45, 2.75) is 26.7 Å². The Morgan fingerprint density at radius 3 is 2.64 bits per heavy atom. The van der Waals surface area contributed by atoms with E-state index in [9.17, 15) is 0 Å². The summed E-state index contributed by atoms with van der Waals surface area (Å²) in [7, 11) is 1.99. The maximum absolute atomic E-state index is 5.61. The molecule has 1 aromatic rings. The lowest BCUT2D eigenvalue weighted by atomic mass is 10.1. The normalized spacial score (nSPS) is 13.2. The van der Waals surface area contributed by atoms with Gasteiger partial charge in [-0.25, -0.2) is 0 Å². The van der Waals surface area contributed by atoms with Crippen LogP contribution in [0.4, 0.5) is 0 Å². The van der Waals surface area contributed by atoms with Gasteiger partial charge >= 0.3 is 0 Å². The topological polar surface area (TPSA) is 43.8 Å². The van der Waals surface area contributed by atoms with Crippen molar-refractivity contribution in [1.82, 2.24) is 9.78 Å². The van der Waals surface area contributed by atoms with Crippen molar-refractivity contribution < 1.29 is 0 Å². The summed E-state index contributed by atoms with van der Waals surface area (Å²) in [5.74, 6) is 0.506. The molecule has 2 N–H and O–H groups in total. The van der Waals surface area contributed by atoms with E-state index in [1.807, 2.05) is 11.7 Å². The molecule has 1 rings (SSSR count). The number of nitrogens with two attached hydrogens (primary N) is 1. The SMILES string of the molecule is CCc1nn(C)c(CC(C)CN)c1Br. The molecule has 0 saturated carbocycles. The second-order valence-corrected chi connectivity index (χ2v) is 4.52. The molecule has 0 fully saturated rings. The predicted molar refractivity (Wildman–Crippen MR) is 62.2 cm³/mol. The van der Waals surface area contributed by atoms with E-state index in [-0.39, 0.29) is 0 Å². The number of rotatable bonds is 4. The Balaban J connectivity index is 2.90. The molecular formula is C10H18BrN3. The van der Waals surface area contributed by atoms with Crippen molar-refractivity contribution in [3.05, 3.63) is 15.9 Å². The Morgan fingerprint density at radius 2 is 2.21 bits per heavy atom. The Morgan fingerprint density at radius 1 is 1.57 bits per heavy atom. The fourth-order valence-electron chi connectivity index (χ4n) is 1.45. The summed E-state index contributed by atoms with van der Waals surface area (Å²) in [5, 5.41) is 4.44. The maximum atomic E-state index is 5.61. The molecular weight excluding hydrogens is 242 g/mol. The molecule has 1 atom stereocenters. The Kier molecular flexibility index (Phi) is 4.13. The molecule has 3 nitrogen and oxygen atoms in total. The van der Waals surface area contributed by atoms with Crippen LogP contribution in [0.25, 0.3) is 0 Å². The van der Waals surface area contributed by atoms with Crippen LogP contribution in [0.3, 0.4) is 0 Å². The molecule has 1 unspecified atom stereocenters. The number of halogens is 1. The first-order valence-corrected chi connectivity index (χ1v) is 5.79. The molecule has 0 spiro atoms. The number of aromatic nitrogens is 2. The minimum atomic E-state index is 0.506. The average molecular weight is 260 g/mol. The third-order valence-electron chi connectivity index (χ3n) is 2.45. The fraction of sp³-hybridized carbons (Fsp3) is 0.700. The van der Waals surface area contributed by atoms with Crippen LogP contribution in [0.15, 0.2) is 4.47 Å². The molecule has 0 aromatic carbocycles. The van der Waals surface area contributed by atoms with Gasteiger partial charge in [0.15, 0.2) is 0 Å². The van der Waals surface area contributed by atoms with E-state index in [1.54, 1.807) is 0 Å². The molecule has 4 heteroatoms. The van der Waals surface area contributed by atoms with E-state index in [4.69, 9.17) is 5.73 Å². The van der Waals surface area contributed by atoms with E-state index in [2.05, 4.69) is 34.9 Å². The molecule has 0 bridgehead atoms. The standard InChI is InChI=1S/C10H18BrN3/c1-4-8-10(11)9(14(3)13-8)5-7(2)6-12/h7H,4-6,12H2,1-3H3. The van der Waals surface area contributed by atoms with Crippen LogP contribution in [0, 0.1) is 5.92 Å². The van der Waals surface area contributed by atoms with Crippen LogP contribution in [0.2, 0.25) is 0 Å². The number of aryl methyl sites for hydroxylation is 2. The van der Waals surface area contributed by atoms with Crippen LogP contribution in [-0.4, -0.2) is 16.3 Å². The highest BCUT2D eigenvalue weighted by Gasteiger charge is 2.14. The highest BCUT2D eigenvalue weighted by molar-refractivity contribution is 9.10. The summed E-state index contributed by atoms with van der Waals surface area (Å²) in [5.41, 5.74) is 8.00. The number of hydrogen-bond acceptors (Lipinski definition) is 2. The second kappa shape index (κ2) is 4.94. The van der Waals surface area contributed by atoms with Gasteiger partial charge in [0, 0.05) is 7.05 Å². The summed E-state index contributed by atoms with van der Waals surface area (Å²) >= 11 is 3.60. The Labute approximate surface area is 93.8 Å². The van der Waals surface area contributed by atoms with E-state index >= 15 is 0 Å². The summed E-state index contributed by atoms with van der Waals surface area (Å²) in [4.78, 5) is 0. The summed E-state index contributed by atoms with van der Waals surface area (Å²) in [6.45, 7) is 4.99. The molecule has 14 heavy (non-hydrogen) atoms. The van der Waals surface area contributed by atoms with Crippen molar-refractivity contribution in [2.24, 2.45) is 18.7 Å². The van der Waals surface area contributed by atoms with Crippen molar-refractivity contribution in [1.29, 1.82) is 0 Å². The Bertz CT molecular complexity index is 307. The third kappa shape index (κ3) is 2.36. The van der Waals surface area contributed by atoms with Gasteiger partial charge in [-0.1, -0.05) is 13.8 Å². The van der Waals surface area contributed by atoms with Gasteiger partial charge in [-0.05, 0) is 41.2 Å². The fourth-order valence-corrected chi connectivity index (χ4v) is 2.23. The van der Waals surface area contributed by atoms with E-state index in [1.165, 1.54) is 5.69 Å². The first-order chi connectivity index (χ1) is 6.60. The van der Waals surface area contributed by atoms with Crippen molar-refractivity contribution in [2.75, 3.05) is 6.54 Å². The minimum absolute atomic E-state index is 0.506. The van der Waals surface area contributed by atoms with Gasteiger partial charge in [0.05, 0.1) is 15.9 Å². The van der Waals surface area contributed by atoms with Crippen LogP contribution in [0.5, 0.6) is 0 Å². The average Bonchev–Trinajstić information content (AvgIpc) is 2.44. The molecule has 1 aromatic heterocycles. The van der Waals surface area contributed by atoms with Gasteiger partial charge in [-0.2, -0.15) is 5.10 Å². The zero-order valence-corrected chi connectivity index (χ0v) is 10.6. The first kappa shape index (κ1) is 11.7. The molecule has 0 aliphatic carbocycles. The van der Waals surface area contributed by atoms with Gasteiger partial charge in [-0.15, -0.1) is 0 Å². The molecule has 80 valence electrons. The Hall–Kier alpha value is -0.350. The molecule has 0 aliphatic rings. The molecule has 0 aliphatic heterocycles. The maximum Gasteiger partial charge on any atom is 0.0766 e. The lowest BCUT2D eigenvalue weighted by molar-refractivity contribution is 0.557. The summed E-state index contributed by atoms with van der Waals surface area (Å²) < 4.78 is 3.11. The van der Waals surface area contributed by atoms with Crippen LogP contribution >= 0.6 is 15.9 Å². The van der Waals surface area contributed by atoms with E-state index < -0.39 is 0 Å². The van der Waals surface area contributed by atoms with Crippen molar-refractivity contribution in [3.8, 4) is 0 Å². The van der Waals surface area contributed by atoms with Gasteiger partial charge in [0.25, 0.3) is 0 Å². The van der Waals surface area contributed by atoms with Gasteiger partial charge in [-0.3, -0.25) is 4.68 Å². The van der Waals surface area contributed by atoms with Crippen LogP contribution in [-0.2, 0) is 19.9 Å². The molecule has 1 heterocycles. The van der Waals surface area contributed by atoms with Crippen molar-refractivity contribution >= 4 is 15.9 Å². The first-order valence-electron chi connectivity index (χ1n) is 5.00. The minimum Gasteiger partial charge on any atom is -0.330 e. The summed E-state index contributed by atoms with van der Waals surface area (Å²) in [6.07, 6.45) is 1.95. The molecule has 0 amide bonds.